The van der Waals surface area contributed by atoms with Crippen molar-refractivity contribution in [3.8, 4) is 5.75 Å². The maximum absolute atomic E-state index is 14.7. The van der Waals surface area contributed by atoms with Crippen molar-refractivity contribution in [2.24, 2.45) is 0 Å². The van der Waals surface area contributed by atoms with Crippen LogP contribution in [-0.2, 0) is 6.42 Å². The maximum atomic E-state index is 14.7. The molecule has 0 radical (unpaired) electrons. The lowest BCUT2D eigenvalue weighted by Crippen LogP contribution is -2.44. The maximum Gasteiger partial charge on any atom is 0.256 e. The van der Waals surface area contributed by atoms with Gasteiger partial charge in [-0.1, -0.05) is 0 Å². The molecular weight excluding hydrogens is 368 g/mol. The Balaban J connectivity index is 1.63. The summed E-state index contributed by atoms with van der Waals surface area (Å²) in [6, 6.07) is 0.636. The molecule has 1 aromatic heterocycles. The van der Waals surface area contributed by atoms with E-state index in [0.29, 0.717) is 29.1 Å². The van der Waals surface area contributed by atoms with Crippen LogP contribution in [0.5, 0.6) is 5.75 Å². The molecule has 3 atom stereocenters. The average molecular weight is 387 g/mol. The number of carbonyl (C=O) groups excluding carboxylic acids is 1. The first-order chi connectivity index (χ1) is 13.3. The molecule has 0 spiro atoms. The van der Waals surface area contributed by atoms with Gasteiger partial charge in [0.25, 0.3) is 5.91 Å². The highest BCUT2D eigenvalue weighted by Crippen LogP contribution is 2.42. The highest BCUT2D eigenvalue weighted by atomic mass is 19.2. The molecule has 4 heterocycles. The molecule has 0 saturated heterocycles. The number of rotatable bonds is 0. The van der Waals surface area contributed by atoms with Crippen LogP contribution < -0.4 is 20.7 Å². The number of hydrogen-bond acceptors (Lipinski definition) is 5. The number of ether oxygens (including phenoxy) is 1. The van der Waals surface area contributed by atoms with Crippen molar-refractivity contribution in [2.75, 3.05) is 11.9 Å². The van der Waals surface area contributed by atoms with Gasteiger partial charge in [0.05, 0.1) is 18.9 Å². The number of nitrogens with one attached hydrogen (secondary N) is 3. The third-order valence-electron chi connectivity index (χ3n) is 5.43. The number of fused-ring (bicyclic) bond motifs is 2. The molecule has 4 bridgehead atoms. The van der Waals surface area contributed by atoms with Gasteiger partial charge in [0, 0.05) is 29.8 Å². The van der Waals surface area contributed by atoms with Crippen LogP contribution in [0.15, 0.2) is 18.3 Å². The fourth-order valence-corrected chi connectivity index (χ4v) is 4.07. The molecule has 0 aliphatic carbocycles. The van der Waals surface area contributed by atoms with E-state index < -0.39 is 29.4 Å². The van der Waals surface area contributed by atoms with E-state index in [2.05, 4.69) is 21.0 Å². The minimum Gasteiger partial charge on any atom is -0.485 e. The van der Waals surface area contributed by atoms with Crippen LogP contribution >= 0.6 is 0 Å². The summed E-state index contributed by atoms with van der Waals surface area (Å²) < 4.78 is 36.6. The highest BCUT2D eigenvalue weighted by molar-refractivity contribution is 5.99. The Morgan fingerprint density at radius 2 is 2.21 bits per heavy atom. The standard InChI is InChI=1S/C19H19F2N5O2/c1-9-14-15(21)12(20)5-10-6-19(2,28-16(10)14)8-22-18(27)11-7-23-26-4-3-13(24-9)25-17(11)26/h3-5,7,9,13,24-25H,6,8H2,1-2H3,(H,22,27)/t9-,13?,19-/m1/s1. The van der Waals surface area contributed by atoms with Crippen LogP contribution in [0.25, 0.3) is 6.20 Å². The number of halogens is 2. The Morgan fingerprint density at radius 3 is 3.04 bits per heavy atom. The normalized spacial score (nSPS) is 27.8. The van der Waals surface area contributed by atoms with Gasteiger partial charge >= 0.3 is 0 Å². The Labute approximate surface area is 159 Å². The van der Waals surface area contributed by atoms with E-state index in [1.165, 1.54) is 12.3 Å². The third kappa shape index (κ3) is 2.50. The molecule has 1 unspecified atom stereocenters. The predicted octanol–water partition coefficient (Wildman–Crippen LogP) is 2.17. The van der Waals surface area contributed by atoms with E-state index >= 15 is 0 Å². The van der Waals surface area contributed by atoms with Gasteiger partial charge in [0.2, 0.25) is 0 Å². The van der Waals surface area contributed by atoms with Gasteiger partial charge in [0.1, 0.15) is 22.7 Å². The number of carbonyl (C=O) groups is 1. The molecule has 3 N–H and O–H groups in total. The second-order valence-electron chi connectivity index (χ2n) is 7.69. The van der Waals surface area contributed by atoms with Gasteiger partial charge in [-0.2, -0.15) is 5.10 Å². The first-order valence-corrected chi connectivity index (χ1v) is 9.11. The molecule has 7 nitrogen and oxygen atoms in total. The topological polar surface area (TPSA) is 80.2 Å². The molecule has 0 saturated carbocycles. The van der Waals surface area contributed by atoms with Gasteiger partial charge in [-0.15, -0.1) is 0 Å². The lowest BCUT2D eigenvalue weighted by Gasteiger charge is -2.27. The summed E-state index contributed by atoms with van der Waals surface area (Å²) in [5, 5.41) is 13.4. The van der Waals surface area contributed by atoms with Crippen LogP contribution in [0.3, 0.4) is 0 Å². The zero-order chi connectivity index (χ0) is 19.6. The van der Waals surface area contributed by atoms with Crippen molar-refractivity contribution in [3.63, 3.8) is 0 Å². The monoisotopic (exact) mass is 387 g/mol. The first kappa shape index (κ1) is 17.2. The zero-order valence-corrected chi connectivity index (χ0v) is 15.3. The van der Waals surface area contributed by atoms with Crippen LogP contribution in [0.1, 0.15) is 41.4 Å². The molecule has 3 aliphatic rings. The molecule has 2 aromatic rings. The van der Waals surface area contributed by atoms with E-state index in [1.54, 1.807) is 23.9 Å². The van der Waals surface area contributed by atoms with Crippen molar-refractivity contribution >= 4 is 17.9 Å². The van der Waals surface area contributed by atoms with Gasteiger partial charge < -0.3 is 15.4 Å². The smallest absolute Gasteiger partial charge is 0.256 e. The minimum absolute atomic E-state index is 0.152. The summed E-state index contributed by atoms with van der Waals surface area (Å²) >= 11 is 0. The Kier molecular flexibility index (Phi) is 3.54. The second kappa shape index (κ2) is 5.78. The van der Waals surface area contributed by atoms with Crippen molar-refractivity contribution in [1.29, 1.82) is 0 Å². The van der Waals surface area contributed by atoms with Crippen molar-refractivity contribution in [3.05, 3.63) is 46.7 Å². The minimum atomic E-state index is -0.924. The third-order valence-corrected chi connectivity index (χ3v) is 5.43. The molecule has 1 amide bonds. The molecule has 9 heteroatoms. The van der Waals surface area contributed by atoms with Gasteiger partial charge in [-0.05, 0) is 26.0 Å². The Morgan fingerprint density at radius 1 is 1.39 bits per heavy atom. The quantitative estimate of drug-likeness (QED) is 0.646. The average Bonchev–Trinajstić information content (AvgIpc) is 3.20. The van der Waals surface area contributed by atoms with Crippen LogP contribution in [0.4, 0.5) is 14.6 Å². The number of hydrogen-bond donors (Lipinski definition) is 3. The lowest BCUT2D eigenvalue weighted by molar-refractivity contribution is 0.0837. The van der Waals surface area contributed by atoms with E-state index in [4.69, 9.17) is 4.74 Å². The van der Waals surface area contributed by atoms with E-state index in [-0.39, 0.29) is 18.0 Å². The summed E-state index contributed by atoms with van der Waals surface area (Å²) in [4.78, 5) is 12.7. The molecular formula is C19H19F2N5O2. The van der Waals surface area contributed by atoms with Crippen LogP contribution in [-0.4, -0.2) is 34.0 Å². The largest absolute Gasteiger partial charge is 0.485 e. The van der Waals surface area contributed by atoms with Crippen LogP contribution in [0.2, 0.25) is 0 Å². The van der Waals surface area contributed by atoms with Crippen LogP contribution in [0, 0.1) is 11.6 Å². The molecule has 5 rings (SSSR count). The summed E-state index contributed by atoms with van der Waals surface area (Å²) in [6.07, 6.45) is 4.96. The molecule has 3 aliphatic heterocycles. The number of amides is 1. The van der Waals surface area contributed by atoms with E-state index in [0.717, 1.165) is 0 Å². The van der Waals surface area contributed by atoms with Gasteiger partial charge in [-0.25, -0.2) is 13.5 Å². The summed E-state index contributed by atoms with van der Waals surface area (Å²) in [5.41, 5.74) is 0.344. The number of anilines is 1. The zero-order valence-electron chi connectivity index (χ0n) is 15.3. The van der Waals surface area contributed by atoms with E-state index in [1.807, 2.05) is 6.92 Å². The van der Waals surface area contributed by atoms with Gasteiger partial charge in [-0.3, -0.25) is 10.1 Å². The van der Waals surface area contributed by atoms with Gasteiger partial charge in [0.15, 0.2) is 11.6 Å². The summed E-state index contributed by atoms with van der Waals surface area (Å²) in [7, 11) is 0. The van der Waals surface area contributed by atoms with Crippen molar-refractivity contribution < 1.29 is 18.3 Å². The molecule has 0 fully saturated rings. The molecule has 28 heavy (non-hydrogen) atoms. The fraction of sp³-hybridized carbons (Fsp3) is 0.368. The Hall–Kier alpha value is -2.94. The lowest BCUT2D eigenvalue weighted by atomic mass is 9.96. The fourth-order valence-electron chi connectivity index (χ4n) is 4.07. The SMILES string of the molecule is C[C@H]1NC2C=Cn3ncc(c3N2)C(=O)NC[C@@]2(C)Cc3cc(F)c(F)c1c3O2. The van der Waals surface area contributed by atoms with Crippen molar-refractivity contribution in [2.45, 2.75) is 38.1 Å². The number of benzene rings is 1. The summed E-state index contributed by atoms with van der Waals surface area (Å²) in [6.45, 7) is 3.76. The molecule has 146 valence electrons. The Bertz CT molecular complexity index is 1030. The number of nitrogens with zero attached hydrogens (tertiary/aromatic N) is 2. The van der Waals surface area contributed by atoms with E-state index in [9.17, 15) is 13.6 Å². The van der Waals surface area contributed by atoms with Crippen molar-refractivity contribution in [1.82, 2.24) is 20.4 Å². The molecule has 1 aromatic carbocycles. The predicted molar refractivity (Wildman–Crippen MR) is 97.9 cm³/mol. The number of aromatic nitrogens is 2. The highest BCUT2D eigenvalue weighted by Gasteiger charge is 2.40. The summed E-state index contributed by atoms with van der Waals surface area (Å²) in [5.74, 6) is -1.25. The first-order valence-electron chi connectivity index (χ1n) is 9.11. The second-order valence-corrected chi connectivity index (χ2v) is 7.69.